The second kappa shape index (κ2) is 50.1. The molecule has 3 fully saturated rings. The first-order chi connectivity index (χ1) is 41.8. The third-order valence-corrected chi connectivity index (χ3v) is 17.8. The summed E-state index contributed by atoms with van der Waals surface area (Å²) in [6.07, 6.45) is 29.3. The topological polar surface area (TPSA) is 307 Å². The summed E-state index contributed by atoms with van der Waals surface area (Å²) in [7, 11) is 0. The number of unbranched alkanes of at least 4 members (excludes halogenated alkanes) is 38. The lowest BCUT2D eigenvalue weighted by Crippen LogP contribution is -2.66. The van der Waals surface area contributed by atoms with Gasteiger partial charge in [-0.05, 0) is 12.8 Å². The first kappa shape index (κ1) is 78.8. The van der Waals surface area contributed by atoms with Crippen LogP contribution in [-0.2, 0) is 33.2 Å². The van der Waals surface area contributed by atoms with Gasteiger partial charge in [0.15, 0.2) is 18.9 Å². The van der Waals surface area contributed by atoms with Crippen molar-refractivity contribution in [1.29, 1.82) is 0 Å². The number of amides is 1. The fraction of sp³-hybridized carbons (Fsp3) is 0.955. The number of rotatable bonds is 54. The number of carbonyl (C=O) groups excluding carboxylic acids is 1. The van der Waals surface area contributed by atoms with Gasteiger partial charge in [-0.2, -0.15) is 0 Å². The van der Waals surface area contributed by atoms with Crippen LogP contribution >= 0.6 is 0 Å². The first-order valence-corrected chi connectivity index (χ1v) is 34.9. The van der Waals surface area contributed by atoms with E-state index in [2.05, 4.69) is 12.2 Å². The minimum absolute atomic E-state index is 0.247. The van der Waals surface area contributed by atoms with Crippen LogP contribution in [0.1, 0.15) is 277 Å². The third kappa shape index (κ3) is 32.2. The number of aliphatic hydroxyl groups excluding tert-OH is 11. The molecule has 17 unspecified atom stereocenters. The fourth-order valence-electron chi connectivity index (χ4n) is 12.1. The number of hydrogen-bond donors (Lipinski definition) is 12. The van der Waals surface area contributed by atoms with Crippen molar-refractivity contribution in [1.82, 2.24) is 5.32 Å². The summed E-state index contributed by atoms with van der Waals surface area (Å²) in [6.45, 7) is 1.58. The normalized spacial score (nSPS) is 28.8. The van der Waals surface area contributed by atoms with E-state index in [0.717, 1.165) is 32.1 Å². The van der Waals surface area contributed by atoms with Gasteiger partial charge in [-0.15, -0.1) is 0 Å². The minimum atomic E-state index is -1.97. The standard InChI is InChI=1S/C67H127NO18/c1-3-5-7-9-10-11-12-13-14-15-16-17-18-19-20-21-22-23-24-25-26-27-28-29-30-31-32-33-34-35-36-37-38-39-40-41-43-45-55(73)68-50(51(72)44-42-8-6-4-2)49-81-65-61(79)58(76)63(53(47-70)83-65)86-67-62(80)59(77)64(54(48-71)84-67)85-66-60(78)57(75)56(74)52(46-69)82-66/h42,44,50-54,56-67,69-72,74-80H,3-41,43,45-49H2,1-2H3,(H,68,73)/b44-42+. The van der Waals surface area contributed by atoms with Crippen molar-refractivity contribution >= 4 is 5.91 Å². The van der Waals surface area contributed by atoms with Crippen LogP contribution in [-0.4, -0.2) is 193 Å². The molecular formula is C67H127NO18. The van der Waals surface area contributed by atoms with E-state index in [1.54, 1.807) is 6.08 Å². The predicted octanol–water partition coefficient (Wildman–Crippen LogP) is 8.89. The van der Waals surface area contributed by atoms with Crippen molar-refractivity contribution in [3.8, 4) is 0 Å². The molecule has 3 rings (SSSR count). The molecule has 86 heavy (non-hydrogen) atoms. The van der Waals surface area contributed by atoms with Crippen LogP contribution in [0.2, 0.25) is 0 Å². The van der Waals surface area contributed by atoms with Gasteiger partial charge in [0.1, 0.15) is 73.2 Å². The highest BCUT2D eigenvalue weighted by Gasteiger charge is 2.53. The number of carbonyl (C=O) groups is 1. The summed E-state index contributed by atoms with van der Waals surface area (Å²) in [6, 6.07) is -0.964. The monoisotopic (exact) mass is 1230 g/mol. The number of allylic oxidation sites excluding steroid dienone is 1. The lowest BCUT2D eigenvalue weighted by Gasteiger charge is -2.48. The molecule has 0 aromatic carbocycles. The predicted molar refractivity (Wildman–Crippen MR) is 333 cm³/mol. The lowest BCUT2D eigenvalue weighted by atomic mass is 9.96. The Balaban J connectivity index is 1.21. The third-order valence-electron chi connectivity index (χ3n) is 17.8. The molecule has 19 nitrogen and oxygen atoms in total. The van der Waals surface area contributed by atoms with Crippen LogP contribution in [0.25, 0.3) is 0 Å². The van der Waals surface area contributed by atoms with Gasteiger partial charge in [0.25, 0.3) is 0 Å². The minimum Gasteiger partial charge on any atom is -0.394 e. The highest BCUT2D eigenvalue weighted by atomic mass is 16.8. The molecule has 0 bridgehead atoms. The summed E-state index contributed by atoms with van der Waals surface area (Å²) in [5, 5.41) is 119. The molecule has 0 aliphatic carbocycles. The Labute approximate surface area is 518 Å². The molecule has 3 saturated heterocycles. The van der Waals surface area contributed by atoms with Gasteiger partial charge in [0, 0.05) is 6.42 Å². The molecule has 3 aliphatic heterocycles. The summed E-state index contributed by atoms with van der Waals surface area (Å²) >= 11 is 0. The van der Waals surface area contributed by atoms with Crippen LogP contribution in [0.4, 0.5) is 0 Å². The van der Waals surface area contributed by atoms with Crippen LogP contribution in [0.15, 0.2) is 12.2 Å². The summed E-state index contributed by atoms with van der Waals surface area (Å²) in [4.78, 5) is 13.2. The maximum absolute atomic E-state index is 13.2. The van der Waals surface area contributed by atoms with Crippen molar-refractivity contribution in [2.75, 3.05) is 26.4 Å². The Morgan fingerprint density at radius 2 is 0.721 bits per heavy atom. The molecule has 0 spiro atoms. The van der Waals surface area contributed by atoms with Crippen LogP contribution in [0.5, 0.6) is 0 Å². The van der Waals surface area contributed by atoms with Gasteiger partial charge in [0.05, 0.1) is 38.6 Å². The molecule has 17 atom stereocenters. The molecule has 12 N–H and O–H groups in total. The Morgan fingerprint density at radius 3 is 1.08 bits per heavy atom. The van der Waals surface area contributed by atoms with Crippen LogP contribution in [0, 0.1) is 0 Å². The Kier molecular flexibility index (Phi) is 45.9. The lowest BCUT2D eigenvalue weighted by molar-refractivity contribution is -0.379. The smallest absolute Gasteiger partial charge is 0.220 e. The van der Waals surface area contributed by atoms with E-state index >= 15 is 0 Å². The number of hydrogen-bond acceptors (Lipinski definition) is 18. The molecule has 3 heterocycles. The van der Waals surface area contributed by atoms with E-state index in [9.17, 15) is 61.0 Å². The first-order valence-electron chi connectivity index (χ1n) is 34.9. The highest BCUT2D eigenvalue weighted by Crippen LogP contribution is 2.33. The second-order valence-corrected chi connectivity index (χ2v) is 25.4. The maximum Gasteiger partial charge on any atom is 0.220 e. The Hall–Kier alpha value is -1.47. The van der Waals surface area contributed by atoms with Gasteiger partial charge in [-0.1, -0.05) is 270 Å². The molecule has 0 aromatic rings. The van der Waals surface area contributed by atoms with E-state index in [-0.39, 0.29) is 18.9 Å². The SMILES string of the molecule is CCCC/C=C/C(O)C(COC1OC(CO)C(OC2OC(CO)C(OC3OC(CO)C(O)C(O)C3O)C(O)C2O)C(O)C1O)NC(=O)CCCCCCCCCCCCCCCCCCCCCCCCCCCCCCCCCCCCCCC. The van der Waals surface area contributed by atoms with Gasteiger partial charge in [0.2, 0.25) is 5.91 Å². The molecule has 0 radical (unpaired) electrons. The number of aliphatic hydroxyl groups is 11. The zero-order valence-electron chi connectivity index (χ0n) is 53.6. The average Bonchev–Trinajstić information content (AvgIpc) is 1.95. The summed E-state index contributed by atoms with van der Waals surface area (Å²) in [5.74, 6) is -0.280. The van der Waals surface area contributed by atoms with E-state index in [4.69, 9.17) is 28.4 Å². The number of ether oxygens (including phenoxy) is 6. The molecular weight excluding hydrogens is 1110 g/mol. The van der Waals surface area contributed by atoms with E-state index < -0.39 is 124 Å². The van der Waals surface area contributed by atoms with Crippen molar-refractivity contribution in [3.63, 3.8) is 0 Å². The van der Waals surface area contributed by atoms with Crippen molar-refractivity contribution in [2.45, 2.75) is 381 Å². The quantitative estimate of drug-likeness (QED) is 0.0200. The van der Waals surface area contributed by atoms with Crippen LogP contribution in [0.3, 0.4) is 0 Å². The van der Waals surface area contributed by atoms with Gasteiger partial charge < -0.3 is 89.9 Å². The van der Waals surface area contributed by atoms with E-state index in [1.165, 1.54) is 212 Å². The van der Waals surface area contributed by atoms with Crippen molar-refractivity contribution in [3.05, 3.63) is 12.2 Å². The number of nitrogens with one attached hydrogen (secondary N) is 1. The summed E-state index contributed by atoms with van der Waals surface area (Å²) in [5.41, 5.74) is 0. The van der Waals surface area contributed by atoms with E-state index in [1.807, 2.05) is 13.0 Å². The van der Waals surface area contributed by atoms with E-state index in [0.29, 0.717) is 12.8 Å². The molecule has 1 amide bonds. The largest absolute Gasteiger partial charge is 0.394 e. The fourth-order valence-corrected chi connectivity index (χ4v) is 12.1. The Morgan fingerprint density at radius 1 is 0.407 bits per heavy atom. The second-order valence-electron chi connectivity index (χ2n) is 25.4. The molecule has 0 saturated carbocycles. The van der Waals surface area contributed by atoms with Crippen LogP contribution < -0.4 is 5.32 Å². The van der Waals surface area contributed by atoms with Gasteiger partial charge >= 0.3 is 0 Å². The summed E-state index contributed by atoms with van der Waals surface area (Å²) < 4.78 is 34.1. The van der Waals surface area contributed by atoms with Gasteiger partial charge in [-0.3, -0.25) is 4.79 Å². The zero-order chi connectivity index (χ0) is 62.6. The maximum atomic E-state index is 13.2. The molecule has 508 valence electrons. The molecule has 19 heteroatoms. The zero-order valence-corrected chi connectivity index (χ0v) is 53.6. The Bertz CT molecular complexity index is 1620. The van der Waals surface area contributed by atoms with Crippen molar-refractivity contribution < 1.29 is 89.4 Å². The average molecular weight is 1230 g/mol. The van der Waals surface area contributed by atoms with Crippen molar-refractivity contribution in [2.24, 2.45) is 0 Å². The molecule has 3 aliphatic rings. The molecule has 0 aromatic heterocycles. The van der Waals surface area contributed by atoms with Gasteiger partial charge in [-0.25, -0.2) is 0 Å². The highest BCUT2D eigenvalue weighted by molar-refractivity contribution is 5.76.